The second kappa shape index (κ2) is 11.2. The highest BCUT2D eigenvalue weighted by molar-refractivity contribution is 6.16. The van der Waals surface area contributed by atoms with E-state index in [1.165, 1.54) is 21.5 Å². The van der Waals surface area contributed by atoms with Crippen molar-refractivity contribution in [3.63, 3.8) is 0 Å². The Balaban J connectivity index is 1.36. The van der Waals surface area contributed by atoms with Gasteiger partial charge in [-0.05, 0) is 89.0 Å². The van der Waals surface area contributed by atoms with E-state index < -0.39 is 0 Å². The van der Waals surface area contributed by atoms with Crippen molar-refractivity contribution in [2.24, 2.45) is 0 Å². The van der Waals surface area contributed by atoms with Crippen LogP contribution < -0.4 is 9.80 Å². The number of benzene rings is 8. The van der Waals surface area contributed by atoms with Crippen molar-refractivity contribution in [3.8, 4) is 0 Å². The smallest absolute Gasteiger partial charge is 0.135 e. The van der Waals surface area contributed by atoms with Crippen LogP contribution in [0, 0.1) is 0 Å². The molecule has 0 aliphatic rings. The Hall–Kier alpha value is -6.32. The minimum atomic E-state index is 0.882. The third kappa shape index (κ3) is 4.68. The molecule has 0 atom stereocenters. The van der Waals surface area contributed by atoms with Gasteiger partial charge in [0, 0.05) is 44.6 Å². The number of rotatable bonds is 6. The van der Waals surface area contributed by atoms with Crippen molar-refractivity contribution >= 4 is 77.6 Å². The molecule has 0 aliphatic heterocycles. The maximum atomic E-state index is 6.22. The van der Waals surface area contributed by atoms with Gasteiger partial charge in [-0.3, -0.25) is 0 Å². The van der Waals surface area contributed by atoms with Gasteiger partial charge < -0.3 is 14.2 Å². The molecule has 0 saturated carbocycles. The summed E-state index contributed by atoms with van der Waals surface area (Å²) in [6, 6.07) is 64.5. The SMILES string of the molecule is c1ccc(N(c2cc(N(c3ccccc3)c3ccccc3)c3c(ccc4ccccc43)c2)c2ccc3oc4ccccc4c3c2)cc1. The number of nitrogens with zero attached hydrogens (tertiary/aromatic N) is 2. The molecule has 222 valence electrons. The van der Waals surface area contributed by atoms with Gasteiger partial charge in [0.1, 0.15) is 11.2 Å². The van der Waals surface area contributed by atoms with Gasteiger partial charge in [0.05, 0.1) is 5.69 Å². The van der Waals surface area contributed by atoms with E-state index in [1.807, 2.05) is 12.1 Å². The molecule has 0 saturated heterocycles. The van der Waals surface area contributed by atoms with Crippen LogP contribution in [-0.4, -0.2) is 0 Å². The molecule has 8 aromatic carbocycles. The number of hydrogen-bond donors (Lipinski definition) is 0. The number of para-hydroxylation sites is 4. The lowest BCUT2D eigenvalue weighted by molar-refractivity contribution is 0.669. The van der Waals surface area contributed by atoms with Gasteiger partial charge in [-0.15, -0.1) is 0 Å². The fourth-order valence-corrected chi connectivity index (χ4v) is 6.87. The monoisotopic (exact) mass is 602 g/mol. The average molecular weight is 603 g/mol. The van der Waals surface area contributed by atoms with E-state index in [1.54, 1.807) is 0 Å². The summed E-state index contributed by atoms with van der Waals surface area (Å²) in [6.45, 7) is 0. The normalized spacial score (nSPS) is 11.4. The zero-order valence-electron chi connectivity index (χ0n) is 25.6. The van der Waals surface area contributed by atoms with Crippen LogP contribution in [-0.2, 0) is 0 Å². The first kappa shape index (κ1) is 27.0. The predicted octanol–water partition coefficient (Wildman–Crippen LogP) is 12.8. The molecule has 0 N–H and O–H groups in total. The van der Waals surface area contributed by atoms with Gasteiger partial charge in [-0.2, -0.15) is 0 Å². The molecular weight excluding hydrogens is 572 g/mol. The van der Waals surface area contributed by atoms with Crippen molar-refractivity contribution in [1.29, 1.82) is 0 Å². The van der Waals surface area contributed by atoms with E-state index in [0.29, 0.717) is 0 Å². The molecule has 0 spiro atoms. The summed E-state index contributed by atoms with van der Waals surface area (Å²) < 4.78 is 6.22. The molecular formula is C44H30N2O. The highest BCUT2D eigenvalue weighted by Crippen LogP contribution is 2.47. The first-order valence-electron chi connectivity index (χ1n) is 15.9. The van der Waals surface area contributed by atoms with E-state index in [0.717, 1.165) is 56.1 Å². The Kier molecular flexibility index (Phi) is 6.46. The Morgan fingerprint density at radius 3 is 1.57 bits per heavy atom. The summed E-state index contributed by atoms with van der Waals surface area (Å²) in [5.74, 6) is 0. The molecule has 0 radical (unpaired) electrons. The molecule has 9 aromatic rings. The van der Waals surface area contributed by atoms with Gasteiger partial charge in [0.2, 0.25) is 0 Å². The molecule has 3 heteroatoms. The quantitative estimate of drug-likeness (QED) is 0.177. The molecule has 1 aromatic heterocycles. The first-order chi connectivity index (χ1) is 23.3. The van der Waals surface area contributed by atoms with Gasteiger partial charge in [-0.25, -0.2) is 0 Å². The Morgan fingerprint density at radius 1 is 0.319 bits per heavy atom. The minimum absolute atomic E-state index is 0.882. The average Bonchev–Trinajstić information content (AvgIpc) is 3.51. The number of hydrogen-bond acceptors (Lipinski definition) is 3. The lowest BCUT2D eigenvalue weighted by atomic mass is 9.98. The maximum Gasteiger partial charge on any atom is 0.135 e. The first-order valence-corrected chi connectivity index (χ1v) is 15.9. The predicted molar refractivity (Wildman–Crippen MR) is 198 cm³/mol. The molecule has 0 bridgehead atoms. The molecule has 9 rings (SSSR count). The molecule has 0 unspecified atom stereocenters. The zero-order chi connectivity index (χ0) is 31.2. The van der Waals surface area contributed by atoms with Crippen LogP contribution in [0.2, 0.25) is 0 Å². The van der Waals surface area contributed by atoms with Crippen LogP contribution in [0.5, 0.6) is 0 Å². The van der Waals surface area contributed by atoms with Crippen LogP contribution in [0.1, 0.15) is 0 Å². The van der Waals surface area contributed by atoms with Gasteiger partial charge in [0.25, 0.3) is 0 Å². The molecule has 1 heterocycles. The van der Waals surface area contributed by atoms with Crippen LogP contribution in [0.15, 0.2) is 186 Å². The number of anilines is 6. The summed E-state index contributed by atoms with van der Waals surface area (Å²) >= 11 is 0. The van der Waals surface area contributed by atoms with E-state index in [4.69, 9.17) is 4.42 Å². The molecule has 47 heavy (non-hydrogen) atoms. The van der Waals surface area contributed by atoms with E-state index in [-0.39, 0.29) is 0 Å². The largest absolute Gasteiger partial charge is 0.456 e. The summed E-state index contributed by atoms with van der Waals surface area (Å²) in [5, 5.41) is 7.03. The van der Waals surface area contributed by atoms with Crippen LogP contribution >= 0.6 is 0 Å². The highest BCUT2D eigenvalue weighted by atomic mass is 16.3. The third-order valence-electron chi connectivity index (χ3n) is 8.97. The summed E-state index contributed by atoms with van der Waals surface area (Å²) in [5.41, 5.74) is 8.30. The molecule has 0 amide bonds. The van der Waals surface area contributed by atoms with Gasteiger partial charge in [-0.1, -0.05) is 109 Å². The lowest BCUT2D eigenvalue weighted by Crippen LogP contribution is -2.14. The van der Waals surface area contributed by atoms with E-state index in [9.17, 15) is 0 Å². The van der Waals surface area contributed by atoms with Crippen molar-refractivity contribution in [3.05, 3.63) is 182 Å². The van der Waals surface area contributed by atoms with Gasteiger partial charge >= 0.3 is 0 Å². The zero-order valence-corrected chi connectivity index (χ0v) is 25.6. The van der Waals surface area contributed by atoms with Crippen molar-refractivity contribution < 1.29 is 4.42 Å². The van der Waals surface area contributed by atoms with Crippen molar-refractivity contribution in [2.75, 3.05) is 9.80 Å². The lowest BCUT2D eigenvalue weighted by Gasteiger charge is -2.31. The standard InChI is InChI=1S/C44H30N2O/c1-4-15-33(16-5-1)45(36-26-27-43-40(29-36)39-22-12-13-23-42(39)47-43)37-28-32-25-24-31-14-10-11-21-38(31)44(32)41(30-37)46(34-17-6-2-7-18-34)35-19-8-3-9-20-35/h1-30H. The van der Waals surface area contributed by atoms with Crippen LogP contribution in [0.4, 0.5) is 34.1 Å². The highest BCUT2D eigenvalue weighted by Gasteiger charge is 2.22. The maximum absolute atomic E-state index is 6.22. The molecule has 0 aliphatic carbocycles. The Bertz CT molecular complexity index is 2480. The minimum Gasteiger partial charge on any atom is -0.456 e. The molecule has 0 fully saturated rings. The fraction of sp³-hybridized carbons (Fsp3) is 0. The van der Waals surface area contributed by atoms with Crippen LogP contribution in [0.3, 0.4) is 0 Å². The summed E-state index contributed by atoms with van der Waals surface area (Å²) in [7, 11) is 0. The topological polar surface area (TPSA) is 19.6 Å². The van der Waals surface area contributed by atoms with Crippen molar-refractivity contribution in [1.82, 2.24) is 0 Å². The third-order valence-corrected chi connectivity index (χ3v) is 8.97. The fourth-order valence-electron chi connectivity index (χ4n) is 6.87. The second-order valence-electron chi connectivity index (χ2n) is 11.8. The second-order valence-corrected chi connectivity index (χ2v) is 11.8. The Morgan fingerprint density at radius 2 is 0.872 bits per heavy atom. The number of furan rings is 1. The van der Waals surface area contributed by atoms with E-state index in [2.05, 4.69) is 180 Å². The van der Waals surface area contributed by atoms with Gasteiger partial charge in [0.15, 0.2) is 0 Å². The Labute approximate surface area is 273 Å². The van der Waals surface area contributed by atoms with E-state index >= 15 is 0 Å². The molecule has 3 nitrogen and oxygen atoms in total. The summed E-state index contributed by atoms with van der Waals surface area (Å²) in [6.07, 6.45) is 0. The van der Waals surface area contributed by atoms with Crippen molar-refractivity contribution in [2.45, 2.75) is 0 Å². The summed E-state index contributed by atoms with van der Waals surface area (Å²) in [4.78, 5) is 4.74. The number of fused-ring (bicyclic) bond motifs is 6. The van der Waals surface area contributed by atoms with Crippen LogP contribution in [0.25, 0.3) is 43.5 Å².